The van der Waals surface area contributed by atoms with E-state index < -0.39 is 10.0 Å². The van der Waals surface area contributed by atoms with Crippen LogP contribution in [0.25, 0.3) is 10.9 Å². The number of aromatic nitrogens is 1. The number of fused-ring (bicyclic) bond motifs is 1. The molecule has 0 aliphatic heterocycles. The largest absolute Gasteiger partial charge is 0.343 e. The van der Waals surface area contributed by atoms with Crippen LogP contribution in [0.5, 0.6) is 0 Å². The number of nitrogens with one attached hydrogen (secondary N) is 1. The van der Waals surface area contributed by atoms with Gasteiger partial charge in [-0.25, -0.2) is 13.1 Å². The Kier molecular flexibility index (Phi) is 6.83. The van der Waals surface area contributed by atoms with Gasteiger partial charge in [0.1, 0.15) is 0 Å². The standard InChI is InChI=1S/C21H22BrClN2O3S/c1-14-20(19(26)13-15-7-3-4-9-17(15)22)16-8-5-10-18(23)21(16)25(14)12-6-11-24-29(2,27)28/h3-5,7-10,24H,6,11-13H2,1-2H3. The average molecular weight is 498 g/mol. The Balaban J connectivity index is 1.95. The van der Waals surface area contributed by atoms with Gasteiger partial charge in [-0.15, -0.1) is 0 Å². The molecule has 8 heteroatoms. The highest BCUT2D eigenvalue weighted by Gasteiger charge is 2.22. The van der Waals surface area contributed by atoms with E-state index in [2.05, 4.69) is 20.7 Å². The zero-order chi connectivity index (χ0) is 21.2. The van der Waals surface area contributed by atoms with Gasteiger partial charge in [-0.1, -0.05) is 57.9 Å². The van der Waals surface area contributed by atoms with Crippen molar-refractivity contribution >= 4 is 54.2 Å². The zero-order valence-corrected chi connectivity index (χ0v) is 19.4. The van der Waals surface area contributed by atoms with Crippen molar-refractivity contribution in [3.8, 4) is 0 Å². The van der Waals surface area contributed by atoms with E-state index in [1.807, 2.05) is 47.9 Å². The molecule has 1 heterocycles. The number of ketones is 1. The lowest BCUT2D eigenvalue weighted by Crippen LogP contribution is -2.24. The number of aryl methyl sites for hydroxylation is 1. The van der Waals surface area contributed by atoms with Gasteiger partial charge in [-0.2, -0.15) is 0 Å². The summed E-state index contributed by atoms with van der Waals surface area (Å²) in [5, 5.41) is 1.39. The molecule has 0 unspecified atom stereocenters. The van der Waals surface area contributed by atoms with Crippen LogP contribution >= 0.6 is 27.5 Å². The lowest BCUT2D eigenvalue weighted by Gasteiger charge is -2.10. The second kappa shape index (κ2) is 9.00. The highest BCUT2D eigenvalue weighted by molar-refractivity contribution is 9.10. The number of rotatable bonds is 8. The molecule has 0 spiro atoms. The molecule has 0 radical (unpaired) electrons. The Labute approximate surface area is 184 Å². The fourth-order valence-electron chi connectivity index (χ4n) is 3.52. The van der Waals surface area contributed by atoms with Crippen molar-refractivity contribution in [3.63, 3.8) is 0 Å². The molecule has 0 saturated carbocycles. The molecule has 0 saturated heterocycles. The topological polar surface area (TPSA) is 68.2 Å². The lowest BCUT2D eigenvalue weighted by molar-refractivity contribution is 0.0993. The van der Waals surface area contributed by atoms with Crippen LogP contribution in [-0.2, 0) is 23.0 Å². The zero-order valence-electron chi connectivity index (χ0n) is 16.2. The summed E-state index contributed by atoms with van der Waals surface area (Å²) in [6.07, 6.45) is 2.00. The third-order valence-electron chi connectivity index (χ3n) is 4.80. The molecular weight excluding hydrogens is 476 g/mol. The summed E-state index contributed by atoms with van der Waals surface area (Å²) in [5.74, 6) is 0.0228. The van der Waals surface area contributed by atoms with Crippen molar-refractivity contribution < 1.29 is 13.2 Å². The molecule has 0 aliphatic rings. The van der Waals surface area contributed by atoms with Crippen molar-refractivity contribution in [1.82, 2.24) is 9.29 Å². The number of carbonyl (C=O) groups excluding carboxylic acids is 1. The van der Waals surface area contributed by atoms with Gasteiger partial charge in [0.25, 0.3) is 0 Å². The molecule has 0 bridgehead atoms. The van der Waals surface area contributed by atoms with E-state index in [1.165, 1.54) is 0 Å². The van der Waals surface area contributed by atoms with Crippen LogP contribution in [0.1, 0.15) is 28.0 Å². The number of carbonyl (C=O) groups is 1. The van der Waals surface area contributed by atoms with Crippen LogP contribution in [0.2, 0.25) is 5.02 Å². The maximum Gasteiger partial charge on any atom is 0.208 e. The Hall–Kier alpha value is -1.67. The van der Waals surface area contributed by atoms with E-state index in [0.717, 1.165) is 32.9 Å². The van der Waals surface area contributed by atoms with Crippen molar-refractivity contribution in [3.05, 3.63) is 68.8 Å². The number of halogens is 2. The van der Waals surface area contributed by atoms with Gasteiger partial charge >= 0.3 is 0 Å². The van der Waals surface area contributed by atoms with E-state index in [4.69, 9.17) is 11.6 Å². The van der Waals surface area contributed by atoms with Gasteiger partial charge in [0, 0.05) is 40.6 Å². The number of nitrogens with zero attached hydrogens (tertiary/aromatic N) is 1. The van der Waals surface area contributed by atoms with Gasteiger partial charge < -0.3 is 4.57 Å². The summed E-state index contributed by atoms with van der Waals surface area (Å²) in [6.45, 7) is 2.78. The molecule has 0 amide bonds. The number of sulfonamides is 1. The summed E-state index contributed by atoms with van der Waals surface area (Å²) < 4.78 is 28.0. The van der Waals surface area contributed by atoms with Gasteiger partial charge in [-0.3, -0.25) is 4.79 Å². The predicted octanol–water partition coefficient (Wildman–Crippen LogP) is 4.73. The molecule has 0 atom stereocenters. The third-order valence-corrected chi connectivity index (χ3v) is 6.61. The SMILES string of the molecule is Cc1c(C(=O)Cc2ccccc2Br)c2cccc(Cl)c2n1CCCNS(C)(=O)=O. The monoisotopic (exact) mass is 496 g/mol. The van der Waals surface area contributed by atoms with Crippen molar-refractivity contribution in [2.45, 2.75) is 26.3 Å². The van der Waals surface area contributed by atoms with Crippen molar-refractivity contribution in [2.24, 2.45) is 0 Å². The molecule has 1 aromatic heterocycles. The first-order valence-corrected chi connectivity index (χ1v) is 12.2. The quantitative estimate of drug-likeness (QED) is 0.361. The van der Waals surface area contributed by atoms with Crippen LogP contribution < -0.4 is 4.72 Å². The number of benzene rings is 2. The van der Waals surface area contributed by atoms with Gasteiger partial charge in [-0.05, 0) is 31.0 Å². The number of hydrogen-bond acceptors (Lipinski definition) is 3. The Morgan fingerprint density at radius 2 is 1.90 bits per heavy atom. The number of para-hydroxylation sites is 1. The summed E-state index contributed by atoms with van der Waals surface area (Å²) in [7, 11) is -3.23. The van der Waals surface area contributed by atoms with Gasteiger partial charge in [0.05, 0.1) is 16.8 Å². The highest BCUT2D eigenvalue weighted by atomic mass is 79.9. The molecule has 154 valence electrons. The lowest BCUT2D eigenvalue weighted by atomic mass is 10.0. The fraction of sp³-hybridized carbons (Fsp3) is 0.286. The van der Waals surface area contributed by atoms with Crippen LogP contribution in [-0.4, -0.2) is 31.6 Å². The molecule has 1 N–H and O–H groups in total. The number of hydrogen-bond donors (Lipinski definition) is 1. The molecule has 29 heavy (non-hydrogen) atoms. The van der Waals surface area contributed by atoms with E-state index >= 15 is 0 Å². The predicted molar refractivity (Wildman–Crippen MR) is 121 cm³/mol. The minimum absolute atomic E-state index is 0.0228. The van der Waals surface area contributed by atoms with E-state index in [1.54, 1.807) is 6.07 Å². The Morgan fingerprint density at radius 1 is 1.17 bits per heavy atom. The molecule has 0 fully saturated rings. The van der Waals surface area contributed by atoms with Gasteiger partial charge in [0.15, 0.2) is 5.78 Å². The van der Waals surface area contributed by atoms with E-state index in [0.29, 0.717) is 30.1 Å². The Morgan fingerprint density at radius 3 is 2.59 bits per heavy atom. The second-order valence-corrected chi connectivity index (χ2v) is 10.1. The normalized spacial score (nSPS) is 11.9. The Bertz CT molecular complexity index is 1170. The fourth-order valence-corrected chi connectivity index (χ4v) is 4.73. The average Bonchev–Trinajstić information content (AvgIpc) is 2.93. The van der Waals surface area contributed by atoms with Crippen LogP contribution in [0, 0.1) is 6.92 Å². The van der Waals surface area contributed by atoms with Crippen molar-refractivity contribution in [1.29, 1.82) is 0 Å². The smallest absolute Gasteiger partial charge is 0.208 e. The summed E-state index contributed by atoms with van der Waals surface area (Å²) >= 11 is 9.98. The third kappa shape index (κ3) is 5.09. The van der Waals surface area contributed by atoms with Gasteiger partial charge in [0.2, 0.25) is 10.0 Å². The molecule has 2 aromatic carbocycles. The highest BCUT2D eigenvalue weighted by Crippen LogP contribution is 2.32. The summed E-state index contributed by atoms with van der Waals surface area (Å²) in [5.41, 5.74) is 3.23. The number of Topliss-reactive ketones (excluding diaryl/α,β-unsaturated/α-hetero) is 1. The first-order valence-electron chi connectivity index (χ1n) is 9.17. The molecule has 0 aliphatic carbocycles. The minimum Gasteiger partial charge on any atom is -0.343 e. The minimum atomic E-state index is -3.23. The maximum atomic E-state index is 13.2. The first kappa shape index (κ1) is 22.0. The van der Waals surface area contributed by atoms with Crippen LogP contribution in [0.4, 0.5) is 0 Å². The first-order chi connectivity index (χ1) is 13.7. The molecular formula is C21H22BrClN2O3S. The van der Waals surface area contributed by atoms with Crippen LogP contribution in [0.3, 0.4) is 0 Å². The summed E-state index contributed by atoms with van der Waals surface area (Å²) in [6, 6.07) is 13.2. The van der Waals surface area contributed by atoms with E-state index in [-0.39, 0.29) is 12.2 Å². The molecule has 5 nitrogen and oxygen atoms in total. The van der Waals surface area contributed by atoms with Crippen molar-refractivity contribution in [2.75, 3.05) is 12.8 Å². The molecule has 3 aromatic rings. The maximum absolute atomic E-state index is 13.2. The van der Waals surface area contributed by atoms with Crippen LogP contribution in [0.15, 0.2) is 46.9 Å². The molecule has 3 rings (SSSR count). The second-order valence-electron chi connectivity index (χ2n) is 6.96. The van der Waals surface area contributed by atoms with E-state index in [9.17, 15) is 13.2 Å². The summed E-state index contributed by atoms with van der Waals surface area (Å²) in [4.78, 5) is 13.2.